The molecule has 23 heavy (non-hydrogen) atoms. The number of aliphatic hydroxyl groups excluding tert-OH is 2. The van der Waals surface area contributed by atoms with E-state index in [0.29, 0.717) is 0 Å². The van der Waals surface area contributed by atoms with Crippen LogP contribution in [-0.2, 0) is 14.3 Å². The molecule has 0 aromatic rings. The summed E-state index contributed by atoms with van der Waals surface area (Å²) < 4.78 is 5.26. The lowest BCUT2D eigenvalue weighted by Crippen LogP contribution is -2.62. The van der Waals surface area contributed by atoms with E-state index < -0.39 is 54.6 Å². The van der Waals surface area contributed by atoms with Gasteiger partial charge in [-0.1, -0.05) is 0 Å². The highest BCUT2D eigenvalue weighted by Gasteiger charge is 2.42. The Balaban J connectivity index is 3.28. The zero-order valence-electron chi connectivity index (χ0n) is 12.4. The summed E-state index contributed by atoms with van der Waals surface area (Å²) in [5, 5.41) is 30.3. The van der Waals surface area contributed by atoms with Crippen molar-refractivity contribution in [1.82, 2.24) is 5.32 Å². The summed E-state index contributed by atoms with van der Waals surface area (Å²) in [7, 11) is 0. The lowest BCUT2D eigenvalue weighted by molar-refractivity contribution is -0.140. The van der Waals surface area contributed by atoms with Crippen molar-refractivity contribution in [2.75, 3.05) is 6.61 Å². The Morgan fingerprint density at radius 2 is 2.09 bits per heavy atom. The molecule has 130 valence electrons. The fourth-order valence-corrected chi connectivity index (χ4v) is 2.18. The Labute approximate surface area is 131 Å². The Morgan fingerprint density at radius 1 is 1.48 bits per heavy atom. The van der Waals surface area contributed by atoms with Crippen LogP contribution < -0.4 is 22.5 Å². The largest absolute Gasteiger partial charge is 0.479 e. The molecule has 5 atom stereocenters. The number of guanidine groups is 1. The molecule has 1 aliphatic heterocycles. The van der Waals surface area contributed by atoms with E-state index in [4.69, 9.17) is 32.2 Å². The molecule has 1 rings (SSSR count). The molecule has 0 aromatic heterocycles. The van der Waals surface area contributed by atoms with Crippen molar-refractivity contribution < 1.29 is 29.6 Å². The predicted octanol–water partition coefficient (Wildman–Crippen LogP) is -3.82. The van der Waals surface area contributed by atoms with Crippen LogP contribution in [0.2, 0.25) is 0 Å². The summed E-state index contributed by atoms with van der Waals surface area (Å²) >= 11 is 0. The third kappa shape index (κ3) is 4.81. The number of aliphatic hydroxyl groups is 2. The van der Waals surface area contributed by atoms with Crippen molar-refractivity contribution in [3.63, 3.8) is 0 Å². The number of amides is 1. The Morgan fingerprint density at radius 3 is 2.52 bits per heavy atom. The molecule has 0 fully saturated rings. The van der Waals surface area contributed by atoms with Gasteiger partial charge in [-0.3, -0.25) is 4.79 Å². The van der Waals surface area contributed by atoms with Crippen LogP contribution in [0.1, 0.15) is 6.92 Å². The third-order valence-electron chi connectivity index (χ3n) is 3.20. The minimum atomic E-state index is -1.40. The molecule has 0 saturated carbocycles. The molecule has 1 heterocycles. The van der Waals surface area contributed by atoms with Gasteiger partial charge >= 0.3 is 5.97 Å². The summed E-state index contributed by atoms with van der Waals surface area (Å²) in [4.78, 5) is 26.4. The second-order valence-corrected chi connectivity index (χ2v) is 5.02. The molecule has 10 N–H and O–H groups in total. The standard InChI is InChI=1S/C12H21N5O6/c1-4(19)16-9-5(17-12(14)15)2-7(11(21)22)23-10(9)8(13)6(20)3-18/h2,5-6,8-10,18,20H,3,13H2,1H3,(H,16,19)(H,21,22)(H4,14,15,17)/t5-,6-,8+,9+,10-/m0/s1. The Kier molecular flexibility index (Phi) is 6.30. The molecule has 0 spiro atoms. The van der Waals surface area contributed by atoms with Crippen LogP contribution in [0.5, 0.6) is 0 Å². The van der Waals surface area contributed by atoms with Gasteiger partial charge in [-0.05, 0) is 6.08 Å². The fourth-order valence-electron chi connectivity index (χ4n) is 2.18. The summed E-state index contributed by atoms with van der Waals surface area (Å²) in [5.74, 6) is -2.66. The smallest absolute Gasteiger partial charge is 0.370 e. The number of hydrogen-bond acceptors (Lipinski definition) is 7. The lowest BCUT2D eigenvalue weighted by atomic mass is 9.91. The van der Waals surface area contributed by atoms with Gasteiger partial charge in [0.05, 0.1) is 30.8 Å². The predicted molar refractivity (Wildman–Crippen MR) is 78.9 cm³/mol. The van der Waals surface area contributed by atoms with Gasteiger partial charge in [0.15, 0.2) is 5.96 Å². The van der Waals surface area contributed by atoms with Crippen molar-refractivity contribution in [3.05, 3.63) is 11.8 Å². The number of nitrogens with one attached hydrogen (secondary N) is 1. The van der Waals surface area contributed by atoms with Crippen LogP contribution >= 0.6 is 0 Å². The fraction of sp³-hybridized carbons (Fsp3) is 0.583. The van der Waals surface area contributed by atoms with Crippen LogP contribution in [0.3, 0.4) is 0 Å². The van der Waals surface area contributed by atoms with E-state index in [1.54, 1.807) is 0 Å². The number of ether oxygens (including phenoxy) is 1. The van der Waals surface area contributed by atoms with Crippen LogP contribution in [0.15, 0.2) is 16.8 Å². The van der Waals surface area contributed by atoms with Crippen LogP contribution in [-0.4, -0.2) is 70.1 Å². The monoisotopic (exact) mass is 331 g/mol. The zero-order valence-corrected chi connectivity index (χ0v) is 12.4. The summed E-state index contributed by atoms with van der Waals surface area (Å²) in [6, 6.07) is -3.10. The first-order chi connectivity index (χ1) is 10.7. The topological polar surface area (TPSA) is 207 Å². The molecule has 0 radical (unpaired) electrons. The number of hydrogen-bond donors (Lipinski definition) is 7. The number of nitrogens with zero attached hydrogens (tertiary/aromatic N) is 1. The van der Waals surface area contributed by atoms with E-state index in [2.05, 4.69) is 10.3 Å². The normalized spacial score (nSPS) is 26.3. The second kappa shape index (κ2) is 7.76. The molecular weight excluding hydrogens is 310 g/mol. The van der Waals surface area contributed by atoms with Crippen LogP contribution in [0, 0.1) is 0 Å². The second-order valence-electron chi connectivity index (χ2n) is 5.02. The number of carboxylic acid groups (broad SMARTS) is 1. The first-order valence-corrected chi connectivity index (χ1v) is 6.69. The lowest BCUT2D eigenvalue weighted by Gasteiger charge is -2.39. The molecule has 0 unspecified atom stereocenters. The molecule has 11 heteroatoms. The molecule has 11 nitrogen and oxygen atoms in total. The number of rotatable bonds is 6. The SMILES string of the molecule is CC(=O)N[C@H]1[C@H]([C@H](N)[C@@H](O)CO)OC(C(=O)O)=C[C@@H]1N=C(N)N. The Hall–Kier alpha value is -2.37. The molecular formula is C12H21N5O6. The average molecular weight is 331 g/mol. The minimum absolute atomic E-state index is 0.330. The van der Waals surface area contributed by atoms with Gasteiger partial charge in [0.2, 0.25) is 11.7 Å². The van der Waals surface area contributed by atoms with Crippen molar-refractivity contribution in [2.45, 2.75) is 37.3 Å². The van der Waals surface area contributed by atoms with Gasteiger partial charge in [0.25, 0.3) is 0 Å². The number of aliphatic carboxylic acids is 1. The molecule has 0 aliphatic carbocycles. The van der Waals surface area contributed by atoms with Gasteiger partial charge in [0, 0.05) is 6.92 Å². The minimum Gasteiger partial charge on any atom is -0.479 e. The first-order valence-electron chi connectivity index (χ1n) is 6.69. The molecule has 1 amide bonds. The van der Waals surface area contributed by atoms with Crippen molar-refractivity contribution in [1.29, 1.82) is 0 Å². The number of nitrogens with two attached hydrogens (primary N) is 3. The Bertz CT molecular complexity index is 518. The maximum absolute atomic E-state index is 11.4. The van der Waals surface area contributed by atoms with Gasteiger partial charge in [-0.2, -0.15) is 0 Å². The van der Waals surface area contributed by atoms with Gasteiger partial charge < -0.3 is 42.6 Å². The summed E-state index contributed by atoms with van der Waals surface area (Å²) in [6.07, 6.45) is -1.45. The van der Waals surface area contributed by atoms with Crippen molar-refractivity contribution in [2.24, 2.45) is 22.2 Å². The quantitative estimate of drug-likeness (QED) is 0.188. The number of aliphatic imine (C=N–C) groups is 1. The van der Waals surface area contributed by atoms with Gasteiger partial charge in [-0.25, -0.2) is 9.79 Å². The van der Waals surface area contributed by atoms with E-state index in [0.717, 1.165) is 6.08 Å². The van der Waals surface area contributed by atoms with E-state index in [9.17, 15) is 14.7 Å². The number of carbonyl (C=O) groups is 2. The molecule has 0 saturated heterocycles. The van der Waals surface area contributed by atoms with Gasteiger partial charge in [-0.15, -0.1) is 0 Å². The van der Waals surface area contributed by atoms with E-state index >= 15 is 0 Å². The highest BCUT2D eigenvalue weighted by Crippen LogP contribution is 2.24. The average Bonchev–Trinajstić information content (AvgIpc) is 2.45. The highest BCUT2D eigenvalue weighted by molar-refractivity contribution is 5.85. The first kappa shape index (κ1) is 18.7. The summed E-state index contributed by atoms with van der Waals surface area (Å²) in [5.41, 5.74) is 16.5. The number of carbonyl (C=O) groups excluding carboxylic acids is 1. The zero-order chi connectivity index (χ0) is 17.7. The van der Waals surface area contributed by atoms with Gasteiger partial charge in [0.1, 0.15) is 6.10 Å². The third-order valence-corrected chi connectivity index (χ3v) is 3.20. The molecule has 0 bridgehead atoms. The van der Waals surface area contributed by atoms with E-state index in [1.165, 1.54) is 6.92 Å². The summed E-state index contributed by atoms with van der Waals surface area (Å²) in [6.45, 7) is 0.557. The molecule has 1 aliphatic rings. The highest BCUT2D eigenvalue weighted by atomic mass is 16.5. The maximum Gasteiger partial charge on any atom is 0.370 e. The number of carboxylic acids is 1. The maximum atomic E-state index is 11.4. The van der Waals surface area contributed by atoms with Crippen molar-refractivity contribution >= 4 is 17.8 Å². The molecule has 0 aromatic carbocycles. The van der Waals surface area contributed by atoms with Crippen LogP contribution in [0.25, 0.3) is 0 Å². The van der Waals surface area contributed by atoms with E-state index in [1.807, 2.05) is 0 Å². The van der Waals surface area contributed by atoms with E-state index in [-0.39, 0.29) is 5.96 Å². The van der Waals surface area contributed by atoms with Crippen LogP contribution in [0.4, 0.5) is 0 Å². The van der Waals surface area contributed by atoms with Crippen molar-refractivity contribution in [3.8, 4) is 0 Å².